The zero-order valence-corrected chi connectivity index (χ0v) is 7.97. The van der Waals surface area contributed by atoms with Crippen LogP contribution < -0.4 is 5.56 Å². The fourth-order valence-corrected chi connectivity index (χ4v) is 1.04. The van der Waals surface area contributed by atoms with Crippen LogP contribution in [0.5, 0.6) is 0 Å². The molecule has 0 saturated heterocycles. The Morgan fingerprint density at radius 3 is 2.67 bits per heavy atom. The predicted molar refractivity (Wildman–Crippen MR) is 49.7 cm³/mol. The fourth-order valence-electron chi connectivity index (χ4n) is 1.04. The van der Waals surface area contributed by atoms with Gasteiger partial charge in [0.1, 0.15) is 6.54 Å². The lowest BCUT2D eigenvalue weighted by Gasteiger charge is -2.03. The summed E-state index contributed by atoms with van der Waals surface area (Å²) in [6.07, 6.45) is 1.16. The Labute approximate surface area is 84.7 Å². The normalized spacial score (nSPS) is 9.67. The molecular formula is C9H9NO5. The molecule has 0 aliphatic heterocycles. The van der Waals surface area contributed by atoms with Gasteiger partial charge in [-0.1, -0.05) is 0 Å². The minimum absolute atomic E-state index is 0.137. The van der Waals surface area contributed by atoms with Gasteiger partial charge in [0.25, 0.3) is 5.56 Å². The summed E-state index contributed by atoms with van der Waals surface area (Å²) >= 11 is 0. The quantitative estimate of drug-likeness (QED) is 0.695. The van der Waals surface area contributed by atoms with E-state index in [2.05, 4.69) is 4.74 Å². The lowest BCUT2D eigenvalue weighted by atomic mass is 10.3. The number of carboxylic acid groups (broad SMARTS) is 1. The number of esters is 1. The molecule has 1 N–H and O–H groups in total. The molecule has 0 aliphatic rings. The molecule has 80 valence electrons. The smallest absolute Gasteiger partial charge is 0.339 e. The van der Waals surface area contributed by atoms with Crippen LogP contribution in [0.3, 0.4) is 0 Å². The molecule has 0 unspecified atom stereocenters. The number of methoxy groups -OCH3 is 1. The number of nitrogens with zero attached hydrogens (tertiary/aromatic N) is 1. The maximum absolute atomic E-state index is 11.2. The van der Waals surface area contributed by atoms with Crippen molar-refractivity contribution in [2.24, 2.45) is 0 Å². The van der Waals surface area contributed by atoms with Crippen LogP contribution in [-0.2, 0) is 16.1 Å². The zero-order valence-electron chi connectivity index (χ0n) is 7.97. The minimum atomic E-state index is -1.15. The first-order chi connectivity index (χ1) is 7.04. The van der Waals surface area contributed by atoms with Crippen molar-refractivity contribution in [2.75, 3.05) is 7.11 Å². The highest BCUT2D eigenvalue weighted by Gasteiger charge is 2.08. The van der Waals surface area contributed by atoms with Crippen LogP contribution in [0.1, 0.15) is 10.4 Å². The molecule has 6 nitrogen and oxygen atoms in total. The van der Waals surface area contributed by atoms with E-state index in [-0.39, 0.29) is 5.56 Å². The van der Waals surface area contributed by atoms with Gasteiger partial charge in [0.2, 0.25) is 0 Å². The zero-order chi connectivity index (χ0) is 11.4. The molecule has 0 aromatic carbocycles. The first kappa shape index (κ1) is 11.0. The Balaban J connectivity index is 3.10. The van der Waals surface area contributed by atoms with E-state index >= 15 is 0 Å². The first-order valence-corrected chi connectivity index (χ1v) is 4.05. The van der Waals surface area contributed by atoms with Gasteiger partial charge in [-0.25, -0.2) is 4.79 Å². The molecule has 0 saturated carbocycles. The van der Waals surface area contributed by atoms with E-state index < -0.39 is 24.0 Å². The van der Waals surface area contributed by atoms with Gasteiger partial charge in [0, 0.05) is 12.3 Å². The topological polar surface area (TPSA) is 85.6 Å². The number of hydrogen-bond donors (Lipinski definition) is 1. The molecule has 1 aromatic rings. The van der Waals surface area contributed by atoms with E-state index in [0.29, 0.717) is 0 Å². The Bertz CT molecular complexity index is 448. The summed E-state index contributed by atoms with van der Waals surface area (Å²) in [6, 6.07) is 2.40. The maximum Gasteiger partial charge on any atom is 0.339 e. The maximum atomic E-state index is 11.2. The van der Waals surface area contributed by atoms with E-state index in [4.69, 9.17) is 5.11 Å². The van der Waals surface area contributed by atoms with Crippen molar-refractivity contribution in [3.05, 3.63) is 34.2 Å². The predicted octanol–water partition coefficient (Wildman–Crippen LogP) is -0.281. The van der Waals surface area contributed by atoms with Gasteiger partial charge in [-0.15, -0.1) is 0 Å². The summed E-state index contributed by atoms with van der Waals surface area (Å²) < 4.78 is 5.36. The van der Waals surface area contributed by atoms with Gasteiger partial charge in [-0.3, -0.25) is 9.59 Å². The van der Waals surface area contributed by atoms with E-state index in [1.807, 2.05) is 0 Å². The lowest BCUT2D eigenvalue weighted by Crippen LogP contribution is -2.24. The van der Waals surface area contributed by atoms with E-state index in [1.54, 1.807) is 0 Å². The first-order valence-electron chi connectivity index (χ1n) is 4.05. The van der Waals surface area contributed by atoms with Crippen LogP contribution in [-0.4, -0.2) is 28.7 Å². The highest BCUT2D eigenvalue weighted by atomic mass is 16.5. The molecule has 1 rings (SSSR count). The largest absolute Gasteiger partial charge is 0.480 e. The van der Waals surface area contributed by atoms with Gasteiger partial charge < -0.3 is 14.4 Å². The number of carbonyl (C=O) groups excluding carboxylic acids is 1. The van der Waals surface area contributed by atoms with Gasteiger partial charge in [0.05, 0.1) is 12.7 Å². The van der Waals surface area contributed by atoms with Crippen molar-refractivity contribution in [1.82, 2.24) is 4.57 Å². The van der Waals surface area contributed by atoms with Crippen molar-refractivity contribution < 1.29 is 19.4 Å². The number of pyridine rings is 1. The molecule has 0 aliphatic carbocycles. The Hall–Kier alpha value is -2.11. The third kappa shape index (κ3) is 2.67. The van der Waals surface area contributed by atoms with E-state index in [1.165, 1.54) is 13.2 Å². The molecule has 0 radical (unpaired) electrons. The highest BCUT2D eigenvalue weighted by molar-refractivity contribution is 5.88. The van der Waals surface area contributed by atoms with Crippen LogP contribution in [0.4, 0.5) is 0 Å². The molecule has 6 heteroatoms. The number of aromatic nitrogens is 1. The van der Waals surface area contributed by atoms with Gasteiger partial charge >= 0.3 is 11.9 Å². The standard InChI is InChI=1S/C9H9NO5/c1-15-9(14)6-2-3-7(11)10(4-6)5-8(12)13/h2-4H,5H2,1H3,(H,12,13). The van der Waals surface area contributed by atoms with Crippen LogP contribution in [0.15, 0.2) is 23.1 Å². The average Bonchev–Trinajstić information content (AvgIpc) is 2.19. The summed E-state index contributed by atoms with van der Waals surface area (Å²) in [7, 11) is 1.20. The average molecular weight is 211 g/mol. The molecule has 15 heavy (non-hydrogen) atoms. The SMILES string of the molecule is COC(=O)c1ccc(=O)n(CC(=O)O)c1. The lowest BCUT2D eigenvalue weighted by molar-refractivity contribution is -0.137. The monoisotopic (exact) mass is 211 g/mol. The molecule has 1 heterocycles. The summed E-state index contributed by atoms with van der Waals surface area (Å²) in [4.78, 5) is 32.6. The van der Waals surface area contributed by atoms with Crippen molar-refractivity contribution in [2.45, 2.75) is 6.54 Å². The highest BCUT2D eigenvalue weighted by Crippen LogP contribution is 1.98. The number of carboxylic acids is 1. The Kier molecular flexibility index (Phi) is 3.22. The molecule has 0 bridgehead atoms. The van der Waals surface area contributed by atoms with E-state index in [0.717, 1.165) is 16.8 Å². The fraction of sp³-hybridized carbons (Fsp3) is 0.222. The number of ether oxygens (including phenoxy) is 1. The third-order valence-electron chi connectivity index (χ3n) is 1.71. The number of carbonyl (C=O) groups is 2. The molecule has 0 atom stereocenters. The summed E-state index contributed by atoms with van der Waals surface area (Å²) in [5, 5.41) is 8.50. The van der Waals surface area contributed by atoms with Crippen molar-refractivity contribution in [3.63, 3.8) is 0 Å². The van der Waals surface area contributed by atoms with Crippen molar-refractivity contribution in [1.29, 1.82) is 0 Å². The van der Waals surface area contributed by atoms with Crippen molar-refractivity contribution in [3.8, 4) is 0 Å². The van der Waals surface area contributed by atoms with E-state index in [9.17, 15) is 14.4 Å². The molecule has 0 spiro atoms. The second-order valence-corrected chi connectivity index (χ2v) is 2.77. The second kappa shape index (κ2) is 4.41. The summed E-state index contributed by atoms with van der Waals surface area (Å²) in [5.74, 6) is -1.77. The molecule has 1 aromatic heterocycles. The molecular weight excluding hydrogens is 202 g/mol. The Morgan fingerprint density at radius 1 is 1.47 bits per heavy atom. The number of aliphatic carboxylic acids is 1. The summed E-state index contributed by atoms with van der Waals surface area (Å²) in [5.41, 5.74) is -0.344. The van der Waals surface area contributed by atoms with Crippen molar-refractivity contribution >= 4 is 11.9 Å². The minimum Gasteiger partial charge on any atom is -0.480 e. The van der Waals surface area contributed by atoms with Crippen LogP contribution >= 0.6 is 0 Å². The number of hydrogen-bond acceptors (Lipinski definition) is 4. The van der Waals surface area contributed by atoms with Crippen LogP contribution in [0, 0.1) is 0 Å². The Morgan fingerprint density at radius 2 is 2.13 bits per heavy atom. The van der Waals surface area contributed by atoms with Crippen LogP contribution in [0.25, 0.3) is 0 Å². The van der Waals surface area contributed by atoms with Crippen LogP contribution in [0.2, 0.25) is 0 Å². The summed E-state index contributed by atoms with van der Waals surface area (Å²) in [6.45, 7) is -0.482. The molecule has 0 fully saturated rings. The van der Waals surface area contributed by atoms with Gasteiger partial charge in [-0.05, 0) is 6.07 Å². The molecule has 0 amide bonds. The second-order valence-electron chi connectivity index (χ2n) is 2.77. The third-order valence-corrected chi connectivity index (χ3v) is 1.71. The van der Waals surface area contributed by atoms with Gasteiger partial charge in [-0.2, -0.15) is 0 Å². The number of rotatable bonds is 3. The van der Waals surface area contributed by atoms with Gasteiger partial charge in [0.15, 0.2) is 0 Å².